The third-order valence-corrected chi connectivity index (χ3v) is 19.7. The molecule has 24 unspecified atom stereocenters. The fourth-order valence-electron chi connectivity index (χ4n) is 15.3. The maximum Gasteiger partial charge on any atom is 0.335 e. The summed E-state index contributed by atoms with van der Waals surface area (Å²) in [5, 5.41) is 115. The molecule has 398 valence electrons. The molecule has 21 heteroatoms. The molecule has 0 spiro atoms. The summed E-state index contributed by atoms with van der Waals surface area (Å²) >= 11 is 0. The van der Waals surface area contributed by atoms with Gasteiger partial charge in [-0.25, -0.2) is 4.79 Å². The normalized spacial score (nSPS) is 52.1. The molecule has 0 aromatic carbocycles. The third-order valence-electron chi connectivity index (χ3n) is 19.7. The highest BCUT2D eigenvalue weighted by Crippen LogP contribution is 2.76. The highest BCUT2D eigenvalue weighted by atomic mass is 16.8. The van der Waals surface area contributed by atoms with Crippen LogP contribution in [0.15, 0.2) is 11.6 Å². The quantitative estimate of drug-likeness (QED) is 0.0738. The Balaban J connectivity index is 1.07. The van der Waals surface area contributed by atoms with Crippen LogP contribution in [0.5, 0.6) is 0 Å². The van der Waals surface area contributed by atoms with Gasteiger partial charge in [0.25, 0.3) is 0 Å². The molecular formula is C49H76O21. The Morgan fingerprint density at radius 3 is 1.84 bits per heavy atom. The predicted molar refractivity (Wildman–Crippen MR) is 237 cm³/mol. The number of esters is 2. The molecule has 8 aliphatic rings. The van der Waals surface area contributed by atoms with E-state index in [-0.39, 0.29) is 41.5 Å². The molecule has 0 amide bonds. The van der Waals surface area contributed by atoms with E-state index in [1.807, 2.05) is 6.92 Å². The summed E-state index contributed by atoms with van der Waals surface area (Å²) in [7, 11) is 1.35. The fourth-order valence-corrected chi connectivity index (χ4v) is 15.3. The maximum absolute atomic E-state index is 14.8. The Morgan fingerprint density at radius 2 is 1.24 bits per heavy atom. The number of aliphatic carboxylic acids is 1. The number of carbonyl (C=O) groups is 3. The zero-order valence-electron chi connectivity index (χ0n) is 41.0. The van der Waals surface area contributed by atoms with Crippen LogP contribution < -0.4 is 0 Å². The number of hydrogen-bond donors (Lipinski definition) is 11. The largest absolute Gasteiger partial charge is 0.479 e. The van der Waals surface area contributed by atoms with Crippen molar-refractivity contribution in [1.29, 1.82) is 0 Å². The third kappa shape index (κ3) is 8.20. The van der Waals surface area contributed by atoms with Crippen molar-refractivity contribution in [3.05, 3.63) is 11.6 Å². The van der Waals surface area contributed by atoms with Gasteiger partial charge in [0.1, 0.15) is 67.1 Å². The van der Waals surface area contributed by atoms with E-state index in [9.17, 15) is 70.6 Å². The number of carboxylic acid groups (broad SMARTS) is 1. The van der Waals surface area contributed by atoms with Gasteiger partial charge in [0, 0.05) is 0 Å². The van der Waals surface area contributed by atoms with E-state index in [1.165, 1.54) is 7.11 Å². The summed E-state index contributed by atoms with van der Waals surface area (Å²) in [6, 6.07) is 0. The second-order valence-electron chi connectivity index (χ2n) is 23.4. The number of aliphatic hydroxyl groups excluding tert-OH is 10. The summed E-state index contributed by atoms with van der Waals surface area (Å²) in [6.45, 7) is 11.5. The monoisotopic (exact) mass is 1000 g/mol. The van der Waals surface area contributed by atoms with Gasteiger partial charge in [0.05, 0.1) is 37.3 Å². The minimum atomic E-state index is -2.00. The van der Waals surface area contributed by atoms with Gasteiger partial charge in [-0.2, -0.15) is 0 Å². The molecule has 0 aromatic rings. The Hall–Kier alpha value is -2.45. The van der Waals surface area contributed by atoms with E-state index in [0.717, 1.165) is 18.4 Å². The number of ether oxygens (including phenoxy) is 7. The van der Waals surface area contributed by atoms with Crippen molar-refractivity contribution in [3.63, 3.8) is 0 Å². The zero-order chi connectivity index (χ0) is 51.4. The number of carbonyl (C=O) groups excluding carboxylic acids is 2. The Bertz CT molecular complexity index is 2000. The highest BCUT2D eigenvalue weighted by molar-refractivity contribution is 5.81. The average molecular weight is 1000 g/mol. The van der Waals surface area contributed by atoms with Gasteiger partial charge in [0.2, 0.25) is 6.29 Å². The molecule has 3 saturated heterocycles. The Kier molecular flexibility index (Phi) is 14.6. The number of carboxylic acids is 1. The van der Waals surface area contributed by atoms with Gasteiger partial charge in [-0.3, -0.25) is 9.59 Å². The van der Waals surface area contributed by atoms with Crippen LogP contribution in [0.3, 0.4) is 0 Å². The number of allylic oxidation sites excluding steroid dienone is 2. The van der Waals surface area contributed by atoms with Crippen LogP contribution in [-0.4, -0.2) is 193 Å². The van der Waals surface area contributed by atoms with Crippen molar-refractivity contribution in [2.24, 2.45) is 50.2 Å². The summed E-state index contributed by atoms with van der Waals surface area (Å²) in [5.74, 6) is -2.97. The lowest BCUT2D eigenvalue weighted by atomic mass is 9.33. The first kappa shape index (κ1) is 53.8. The van der Waals surface area contributed by atoms with Gasteiger partial charge in [-0.05, 0) is 111 Å². The van der Waals surface area contributed by atoms with E-state index in [1.54, 1.807) is 0 Å². The molecule has 0 radical (unpaired) electrons. The summed E-state index contributed by atoms with van der Waals surface area (Å²) < 4.78 is 40.9. The van der Waals surface area contributed by atoms with Crippen molar-refractivity contribution in [2.75, 3.05) is 20.3 Å². The topological polar surface area (TPSA) is 338 Å². The Morgan fingerprint density at radius 1 is 0.643 bits per heavy atom. The van der Waals surface area contributed by atoms with Crippen LogP contribution in [0, 0.1) is 50.2 Å². The summed E-state index contributed by atoms with van der Waals surface area (Å²) in [5.41, 5.74) is -2.75. The van der Waals surface area contributed by atoms with Crippen LogP contribution in [0.4, 0.5) is 0 Å². The molecule has 4 saturated carbocycles. The molecule has 70 heavy (non-hydrogen) atoms. The van der Waals surface area contributed by atoms with Crippen LogP contribution in [0.1, 0.15) is 106 Å². The number of methoxy groups -OCH3 is 1. The van der Waals surface area contributed by atoms with E-state index >= 15 is 0 Å². The van der Waals surface area contributed by atoms with Crippen molar-refractivity contribution < 1.29 is 104 Å². The fraction of sp³-hybridized carbons (Fsp3) is 0.898. The smallest absolute Gasteiger partial charge is 0.335 e. The van der Waals surface area contributed by atoms with E-state index in [2.05, 4.69) is 40.7 Å². The molecule has 7 fully saturated rings. The lowest BCUT2D eigenvalue weighted by Gasteiger charge is -2.71. The number of rotatable bonds is 10. The van der Waals surface area contributed by atoms with Gasteiger partial charge in [0.15, 0.2) is 18.7 Å². The highest BCUT2D eigenvalue weighted by Gasteiger charge is 2.71. The number of fused-ring (bicyclic) bond motifs is 7. The first-order valence-electron chi connectivity index (χ1n) is 24.9. The van der Waals surface area contributed by atoms with Gasteiger partial charge in [-0.15, -0.1) is 0 Å². The standard InChI is InChI=1S/C49H76O21/c1-44(2)25-10-13-48(6)26(46(25,4)12-11-27(44)67-41-37(33(57)32(56)36(68-41)38(60)61)69-39-34(58)30(54)28(52)23(19-50)65-39)9-8-21-22-18-45(3,42(62)64-7)14-16-49(22,17-15-47(21,48)5)43(63)70-40-35(59)31(55)29(53)24(20-51)66-40/h8,22-37,39-41,50-59H,9-20H2,1-7H3,(H,60,61). The van der Waals surface area contributed by atoms with Gasteiger partial charge < -0.3 is 89.3 Å². The molecule has 11 N–H and O–H groups in total. The lowest BCUT2D eigenvalue weighted by molar-refractivity contribution is -0.374. The summed E-state index contributed by atoms with van der Waals surface area (Å²) in [6.07, 6.45) is -19.1. The first-order valence-corrected chi connectivity index (χ1v) is 24.9. The Labute approximate surface area is 407 Å². The molecule has 8 rings (SSSR count). The van der Waals surface area contributed by atoms with Crippen LogP contribution in [0.2, 0.25) is 0 Å². The zero-order valence-corrected chi connectivity index (χ0v) is 41.0. The number of hydrogen-bond acceptors (Lipinski definition) is 20. The van der Waals surface area contributed by atoms with Crippen LogP contribution >= 0.6 is 0 Å². The molecule has 21 nitrogen and oxygen atoms in total. The van der Waals surface area contributed by atoms with E-state index < -0.39 is 151 Å². The molecule has 0 aromatic heterocycles. The minimum absolute atomic E-state index is 0.0167. The van der Waals surface area contributed by atoms with Crippen LogP contribution in [0.25, 0.3) is 0 Å². The van der Waals surface area contributed by atoms with Crippen molar-refractivity contribution in [1.82, 2.24) is 0 Å². The first-order chi connectivity index (χ1) is 32.7. The van der Waals surface area contributed by atoms with E-state index in [0.29, 0.717) is 38.5 Å². The van der Waals surface area contributed by atoms with Crippen molar-refractivity contribution >= 4 is 17.9 Å². The minimum Gasteiger partial charge on any atom is -0.479 e. The second kappa shape index (κ2) is 19.0. The number of aliphatic hydroxyl groups is 10. The van der Waals surface area contributed by atoms with E-state index in [4.69, 9.17) is 33.2 Å². The maximum atomic E-state index is 14.8. The summed E-state index contributed by atoms with van der Waals surface area (Å²) in [4.78, 5) is 40.6. The van der Waals surface area contributed by atoms with Gasteiger partial charge in [-0.1, -0.05) is 46.3 Å². The molecule has 0 bridgehead atoms. The molecule has 24 atom stereocenters. The SMILES string of the molecule is COC(=O)C1(C)CCC2(C(=O)OC3OC(CO)C(O)C(O)C3O)CCC3(C)C(=CCC4C5(C)CCC(OC6OC(C(=O)O)C(O)C(O)C6OC6OC(CO)C(O)C(O)C6O)C(C)(C)C5CCC43C)C2C1. The van der Waals surface area contributed by atoms with Crippen molar-refractivity contribution in [3.8, 4) is 0 Å². The van der Waals surface area contributed by atoms with Crippen LogP contribution in [-0.2, 0) is 47.5 Å². The van der Waals surface area contributed by atoms with Gasteiger partial charge >= 0.3 is 17.9 Å². The predicted octanol–water partition coefficient (Wildman–Crippen LogP) is -0.614. The molecule has 3 aliphatic heterocycles. The molecule has 5 aliphatic carbocycles. The van der Waals surface area contributed by atoms with Crippen molar-refractivity contribution in [2.45, 2.75) is 204 Å². The second-order valence-corrected chi connectivity index (χ2v) is 23.4. The lowest BCUT2D eigenvalue weighted by Crippen LogP contribution is -2.67. The molecule has 3 heterocycles. The molecular weight excluding hydrogens is 925 g/mol. The average Bonchev–Trinajstić information content (AvgIpc) is 3.31.